The molecule has 1 saturated heterocycles. The summed E-state index contributed by atoms with van der Waals surface area (Å²) in [6, 6.07) is 0. The van der Waals surface area contributed by atoms with Crippen molar-refractivity contribution in [2.75, 3.05) is 13.1 Å². The van der Waals surface area contributed by atoms with Gasteiger partial charge in [-0.15, -0.1) is 0 Å². The van der Waals surface area contributed by atoms with Gasteiger partial charge in [0, 0.05) is 18.5 Å². The van der Waals surface area contributed by atoms with E-state index in [2.05, 4.69) is 88.0 Å². The summed E-state index contributed by atoms with van der Waals surface area (Å²) in [5.41, 5.74) is -0.108. The van der Waals surface area contributed by atoms with Crippen LogP contribution in [0.5, 0.6) is 0 Å². The lowest BCUT2D eigenvalue weighted by Gasteiger charge is -2.52. The number of likely N-dealkylation sites (tertiary alicyclic amines) is 1. The van der Waals surface area contributed by atoms with Crippen molar-refractivity contribution in [1.29, 1.82) is 0 Å². The van der Waals surface area contributed by atoms with Crippen molar-refractivity contribution < 1.29 is 9.53 Å². The zero-order valence-electron chi connectivity index (χ0n) is 20.3. The zero-order valence-corrected chi connectivity index (χ0v) is 20.3. The fourth-order valence-electron chi connectivity index (χ4n) is 4.91. The maximum atomic E-state index is 13.2. The van der Waals surface area contributed by atoms with E-state index in [1.807, 2.05) is 0 Å². The minimum Gasteiger partial charge on any atom is -0.373 e. The first kappa shape index (κ1) is 24.5. The minimum absolute atomic E-state index is 0.136. The molecule has 0 saturated carbocycles. The maximum absolute atomic E-state index is 13.2. The van der Waals surface area contributed by atoms with E-state index in [1.165, 1.54) is 0 Å². The Kier molecular flexibility index (Phi) is 7.29. The molecule has 27 heavy (non-hydrogen) atoms. The second kappa shape index (κ2) is 8.05. The van der Waals surface area contributed by atoms with Gasteiger partial charge >= 0.3 is 0 Å². The Morgan fingerprint density at radius 1 is 0.926 bits per heavy atom. The summed E-state index contributed by atoms with van der Waals surface area (Å²) in [5, 5.41) is 0. The van der Waals surface area contributed by atoms with Gasteiger partial charge in [0.05, 0.1) is 11.7 Å². The molecule has 160 valence electrons. The smallest absolute Gasteiger partial charge is 0.228 e. The molecule has 1 amide bonds. The normalized spacial score (nSPS) is 17.6. The lowest BCUT2D eigenvalue weighted by Crippen LogP contribution is -2.59. The summed E-state index contributed by atoms with van der Waals surface area (Å²) >= 11 is 0. The number of amides is 1. The average Bonchev–Trinajstić information content (AvgIpc) is 2.30. The lowest BCUT2D eigenvalue weighted by molar-refractivity contribution is -0.155. The maximum Gasteiger partial charge on any atom is 0.228 e. The fraction of sp³-hybridized carbons (Fsp3) is 0.958. The van der Waals surface area contributed by atoms with Gasteiger partial charge in [-0.2, -0.15) is 0 Å². The Hall–Kier alpha value is -0.570. The molecule has 0 aromatic rings. The van der Waals surface area contributed by atoms with Gasteiger partial charge < -0.3 is 9.64 Å². The molecule has 0 aliphatic carbocycles. The van der Waals surface area contributed by atoms with Gasteiger partial charge in [0.15, 0.2) is 0 Å². The quantitative estimate of drug-likeness (QED) is 0.478. The van der Waals surface area contributed by atoms with E-state index in [0.29, 0.717) is 17.7 Å². The van der Waals surface area contributed by atoms with Gasteiger partial charge in [0.1, 0.15) is 0 Å². The second-order valence-corrected chi connectivity index (χ2v) is 12.2. The van der Waals surface area contributed by atoms with Crippen LogP contribution in [0.15, 0.2) is 0 Å². The molecule has 0 aromatic carbocycles. The Labute approximate surface area is 169 Å². The van der Waals surface area contributed by atoms with Crippen molar-refractivity contribution in [3.8, 4) is 0 Å². The van der Waals surface area contributed by atoms with Gasteiger partial charge in [-0.1, -0.05) is 55.4 Å². The first-order valence-corrected chi connectivity index (χ1v) is 10.9. The van der Waals surface area contributed by atoms with Gasteiger partial charge in [-0.3, -0.25) is 4.79 Å². The predicted octanol–water partition coefficient (Wildman–Crippen LogP) is 6.16. The number of carbonyl (C=O) groups excluding carboxylic acids is 1. The van der Waals surface area contributed by atoms with E-state index in [-0.39, 0.29) is 27.9 Å². The first-order chi connectivity index (χ1) is 11.9. The highest BCUT2D eigenvalue weighted by atomic mass is 16.5. The molecule has 0 aromatic heterocycles. The number of ether oxygens (including phenoxy) is 1. The topological polar surface area (TPSA) is 29.5 Å². The van der Waals surface area contributed by atoms with Crippen LogP contribution in [-0.2, 0) is 9.53 Å². The summed E-state index contributed by atoms with van der Waals surface area (Å²) in [6.45, 7) is 28.3. The van der Waals surface area contributed by atoms with Crippen molar-refractivity contribution in [3.05, 3.63) is 0 Å². The molecule has 1 aliphatic rings. The molecule has 0 N–H and O–H groups in total. The van der Waals surface area contributed by atoms with E-state index in [1.54, 1.807) is 0 Å². The molecule has 3 nitrogen and oxygen atoms in total. The molecular formula is C24H47NO2. The summed E-state index contributed by atoms with van der Waals surface area (Å²) in [4.78, 5) is 15.2. The second-order valence-electron chi connectivity index (χ2n) is 12.2. The Morgan fingerprint density at radius 2 is 1.41 bits per heavy atom. The Bertz CT molecular complexity index is 508. The SMILES string of the molecule is CC(C)OC(C)(C)CC(C)(C)C1CN(C(=O)C(C)(C)CC(C)(C)C(C)C)C1. The molecule has 0 unspecified atom stereocenters. The number of hydrogen-bond acceptors (Lipinski definition) is 2. The van der Waals surface area contributed by atoms with E-state index in [9.17, 15) is 4.79 Å². The van der Waals surface area contributed by atoms with Crippen LogP contribution in [0.4, 0.5) is 0 Å². The number of carbonyl (C=O) groups is 1. The molecule has 1 aliphatic heterocycles. The Morgan fingerprint density at radius 3 is 1.81 bits per heavy atom. The van der Waals surface area contributed by atoms with Gasteiger partial charge in [-0.05, 0) is 63.2 Å². The zero-order chi connectivity index (χ0) is 21.4. The van der Waals surface area contributed by atoms with Crippen LogP contribution in [0.3, 0.4) is 0 Å². The number of hydrogen-bond donors (Lipinski definition) is 0. The van der Waals surface area contributed by atoms with Crippen LogP contribution in [0.2, 0.25) is 0 Å². The molecule has 1 rings (SSSR count). The molecule has 0 atom stereocenters. The van der Waals surface area contributed by atoms with Crippen molar-refractivity contribution in [3.63, 3.8) is 0 Å². The van der Waals surface area contributed by atoms with Crippen molar-refractivity contribution in [1.82, 2.24) is 4.90 Å². The van der Waals surface area contributed by atoms with Crippen LogP contribution >= 0.6 is 0 Å². The fourth-order valence-corrected chi connectivity index (χ4v) is 4.91. The summed E-state index contributed by atoms with van der Waals surface area (Å²) in [6.07, 6.45) is 2.17. The lowest BCUT2D eigenvalue weighted by atomic mass is 9.66. The monoisotopic (exact) mass is 381 g/mol. The van der Waals surface area contributed by atoms with Gasteiger partial charge in [-0.25, -0.2) is 0 Å². The highest BCUT2D eigenvalue weighted by Crippen LogP contribution is 2.45. The third kappa shape index (κ3) is 6.48. The third-order valence-corrected chi connectivity index (χ3v) is 6.75. The first-order valence-electron chi connectivity index (χ1n) is 10.9. The molecule has 0 spiro atoms. The minimum atomic E-state index is -0.303. The van der Waals surface area contributed by atoms with Crippen LogP contribution in [0.1, 0.15) is 95.9 Å². The van der Waals surface area contributed by atoms with Gasteiger partial charge in [0.2, 0.25) is 5.91 Å². The highest BCUT2D eigenvalue weighted by Gasteiger charge is 2.47. The summed E-state index contributed by atoms with van der Waals surface area (Å²) in [5.74, 6) is 1.43. The number of rotatable bonds is 9. The van der Waals surface area contributed by atoms with Gasteiger partial charge in [0.25, 0.3) is 0 Å². The van der Waals surface area contributed by atoms with E-state index in [0.717, 1.165) is 25.9 Å². The van der Waals surface area contributed by atoms with E-state index >= 15 is 0 Å². The van der Waals surface area contributed by atoms with Crippen LogP contribution < -0.4 is 0 Å². The van der Waals surface area contributed by atoms with Crippen molar-refractivity contribution in [2.24, 2.45) is 28.1 Å². The molecule has 0 radical (unpaired) electrons. The Balaban J connectivity index is 2.68. The standard InChI is InChI=1S/C24H47NO2/c1-17(2)21(5,6)15-23(9,10)20(26)25-13-19(14-25)22(7,8)16-24(11,12)27-18(3)4/h17-19H,13-16H2,1-12H3. The predicted molar refractivity (Wildman–Crippen MR) is 116 cm³/mol. The molecular weight excluding hydrogens is 334 g/mol. The highest BCUT2D eigenvalue weighted by molar-refractivity contribution is 5.82. The average molecular weight is 382 g/mol. The molecule has 3 heteroatoms. The van der Waals surface area contributed by atoms with Crippen LogP contribution in [0.25, 0.3) is 0 Å². The summed E-state index contributed by atoms with van der Waals surface area (Å²) in [7, 11) is 0. The third-order valence-electron chi connectivity index (χ3n) is 6.75. The molecule has 1 fully saturated rings. The van der Waals surface area contributed by atoms with Crippen LogP contribution in [0, 0.1) is 28.1 Å². The molecule has 0 bridgehead atoms. The van der Waals surface area contributed by atoms with Crippen molar-refractivity contribution in [2.45, 2.75) is 108 Å². The molecule has 1 heterocycles. The van der Waals surface area contributed by atoms with Crippen LogP contribution in [-0.4, -0.2) is 35.6 Å². The van der Waals surface area contributed by atoms with Crippen molar-refractivity contribution >= 4 is 5.91 Å². The number of nitrogens with zero attached hydrogens (tertiary/aromatic N) is 1. The summed E-state index contributed by atoms with van der Waals surface area (Å²) < 4.78 is 6.12. The van der Waals surface area contributed by atoms with E-state index in [4.69, 9.17) is 4.74 Å². The van der Waals surface area contributed by atoms with E-state index < -0.39 is 0 Å². The largest absolute Gasteiger partial charge is 0.373 e.